The van der Waals surface area contributed by atoms with Gasteiger partial charge in [0.1, 0.15) is 0 Å². The van der Waals surface area contributed by atoms with Gasteiger partial charge in [-0.3, -0.25) is 0 Å². The molecule has 2 rings (SSSR count). The molecule has 0 N–H and O–H groups in total. The van der Waals surface area contributed by atoms with Crippen molar-refractivity contribution in [2.75, 3.05) is 0 Å². The van der Waals surface area contributed by atoms with Crippen molar-refractivity contribution < 1.29 is 0 Å². The number of hydrogen-bond donors (Lipinski definition) is 0. The third-order valence-corrected chi connectivity index (χ3v) is 3.41. The predicted molar refractivity (Wildman–Crippen MR) is 74.6 cm³/mol. The zero-order valence-electron chi connectivity index (χ0n) is 10.1. The van der Waals surface area contributed by atoms with Gasteiger partial charge in [-0.2, -0.15) is 0 Å². The molecule has 0 spiro atoms. The molecule has 2 aromatic rings. The summed E-state index contributed by atoms with van der Waals surface area (Å²) in [5.41, 5.74) is 2.77. The van der Waals surface area contributed by atoms with Gasteiger partial charge in [-0.15, -0.1) is 0 Å². The van der Waals surface area contributed by atoms with E-state index in [1.54, 1.807) is 0 Å². The molecule has 0 bridgehead atoms. The fraction of sp³-hybridized carbons (Fsp3) is 0.250. The van der Waals surface area contributed by atoms with Crippen molar-refractivity contribution >= 4 is 11.6 Å². The first-order valence-electron chi connectivity index (χ1n) is 6.09. The van der Waals surface area contributed by atoms with Gasteiger partial charge in [-0.1, -0.05) is 61.0 Å². The molecule has 2 aromatic carbocycles. The van der Waals surface area contributed by atoms with E-state index in [1.165, 1.54) is 11.1 Å². The molecule has 0 aliphatic heterocycles. The Morgan fingerprint density at radius 3 is 2.18 bits per heavy atom. The highest BCUT2D eigenvalue weighted by Crippen LogP contribution is 2.24. The van der Waals surface area contributed by atoms with Gasteiger partial charge in [0.15, 0.2) is 0 Å². The van der Waals surface area contributed by atoms with Crippen molar-refractivity contribution in [3.05, 3.63) is 70.7 Å². The fourth-order valence-corrected chi connectivity index (χ4v) is 2.25. The van der Waals surface area contributed by atoms with Crippen LogP contribution in [0.1, 0.15) is 30.4 Å². The van der Waals surface area contributed by atoms with Crippen molar-refractivity contribution in [2.45, 2.75) is 25.7 Å². The Balaban J connectivity index is 2.13. The van der Waals surface area contributed by atoms with Crippen molar-refractivity contribution in [2.24, 2.45) is 0 Å². The molecular formula is C16H17Cl. The average molecular weight is 245 g/mol. The maximum atomic E-state index is 5.90. The molecule has 0 heterocycles. The van der Waals surface area contributed by atoms with Crippen molar-refractivity contribution in [3.8, 4) is 0 Å². The lowest BCUT2D eigenvalue weighted by Crippen LogP contribution is -2.01. The molecule has 1 heteroatoms. The Morgan fingerprint density at radius 1 is 0.941 bits per heavy atom. The SMILES string of the molecule is CCC(Cc1ccc(Cl)cc1)c1ccccc1. The molecule has 88 valence electrons. The van der Waals surface area contributed by atoms with E-state index in [9.17, 15) is 0 Å². The van der Waals surface area contributed by atoms with Gasteiger partial charge in [0.2, 0.25) is 0 Å². The van der Waals surface area contributed by atoms with Gasteiger partial charge in [-0.05, 0) is 42.0 Å². The summed E-state index contributed by atoms with van der Waals surface area (Å²) >= 11 is 5.90. The van der Waals surface area contributed by atoms with Crippen LogP contribution in [0.25, 0.3) is 0 Å². The molecule has 0 aliphatic carbocycles. The topological polar surface area (TPSA) is 0 Å². The van der Waals surface area contributed by atoms with E-state index >= 15 is 0 Å². The maximum Gasteiger partial charge on any atom is 0.0406 e. The van der Waals surface area contributed by atoms with Gasteiger partial charge >= 0.3 is 0 Å². The second-order valence-corrected chi connectivity index (χ2v) is 4.78. The van der Waals surface area contributed by atoms with Gasteiger partial charge in [0, 0.05) is 5.02 Å². The minimum absolute atomic E-state index is 0.595. The Labute approximate surface area is 108 Å². The second-order valence-electron chi connectivity index (χ2n) is 4.35. The molecule has 0 saturated carbocycles. The van der Waals surface area contributed by atoms with Gasteiger partial charge in [-0.25, -0.2) is 0 Å². The van der Waals surface area contributed by atoms with Crippen molar-refractivity contribution in [1.29, 1.82) is 0 Å². The van der Waals surface area contributed by atoms with Gasteiger partial charge < -0.3 is 0 Å². The second kappa shape index (κ2) is 5.88. The molecule has 17 heavy (non-hydrogen) atoms. The highest BCUT2D eigenvalue weighted by atomic mass is 35.5. The number of halogens is 1. The summed E-state index contributed by atoms with van der Waals surface area (Å²) in [5.74, 6) is 0.595. The molecule has 1 unspecified atom stereocenters. The number of benzene rings is 2. The first-order valence-corrected chi connectivity index (χ1v) is 6.46. The Hall–Kier alpha value is -1.27. The molecule has 0 amide bonds. The lowest BCUT2D eigenvalue weighted by Gasteiger charge is -2.15. The summed E-state index contributed by atoms with van der Waals surface area (Å²) < 4.78 is 0. The minimum atomic E-state index is 0.595. The summed E-state index contributed by atoms with van der Waals surface area (Å²) in [5, 5.41) is 0.807. The summed E-state index contributed by atoms with van der Waals surface area (Å²) in [7, 11) is 0. The van der Waals surface area contributed by atoms with Gasteiger partial charge in [0.05, 0.1) is 0 Å². The minimum Gasteiger partial charge on any atom is -0.0843 e. The van der Waals surface area contributed by atoms with Gasteiger partial charge in [0.25, 0.3) is 0 Å². The smallest absolute Gasteiger partial charge is 0.0406 e. The van der Waals surface area contributed by atoms with Crippen LogP contribution in [-0.2, 0) is 6.42 Å². The zero-order valence-corrected chi connectivity index (χ0v) is 10.8. The normalized spacial score (nSPS) is 12.4. The van der Waals surface area contributed by atoms with Crippen LogP contribution in [0.3, 0.4) is 0 Å². The highest BCUT2D eigenvalue weighted by molar-refractivity contribution is 6.30. The predicted octanol–water partition coefficient (Wildman–Crippen LogP) is 5.08. The first kappa shape index (κ1) is 12.2. The molecule has 0 saturated heterocycles. The van der Waals surface area contributed by atoms with Crippen LogP contribution >= 0.6 is 11.6 Å². The van der Waals surface area contributed by atoms with Crippen LogP contribution in [0, 0.1) is 0 Å². The van der Waals surface area contributed by atoms with E-state index in [4.69, 9.17) is 11.6 Å². The summed E-state index contributed by atoms with van der Waals surface area (Å²) in [6, 6.07) is 18.9. The van der Waals surface area contributed by atoms with Crippen LogP contribution in [0.5, 0.6) is 0 Å². The van der Waals surface area contributed by atoms with Crippen LogP contribution in [-0.4, -0.2) is 0 Å². The quantitative estimate of drug-likeness (QED) is 0.704. The van der Waals surface area contributed by atoms with E-state index in [0.717, 1.165) is 17.9 Å². The van der Waals surface area contributed by atoms with Crippen molar-refractivity contribution in [3.63, 3.8) is 0 Å². The molecule has 0 fully saturated rings. The number of rotatable bonds is 4. The number of hydrogen-bond acceptors (Lipinski definition) is 0. The molecule has 0 aliphatic rings. The lowest BCUT2D eigenvalue weighted by atomic mass is 9.90. The summed E-state index contributed by atoms with van der Waals surface area (Å²) in [6.07, 6.45) is 2.24. The Kier molecular flexibility index (Phi) is 4.22. The molecule has 1 atom stereocenters. The average Bonchev–Trinajstić information content (AvgIpc) is 2.39. The lowest BCUT2D eigenvalue weighted by molar-refractivity contribution is 0.660. The van der Waals surface area contributed by atoms with E-state index in [1.807, 2.05) is 12.1 Å². The highest BCUT2D eigenvalue weighted by Gasteiger charge is 2.09. The Bertz CT molecular complexity index is 445. The molecule has 0 aromatic heterocycles. The van der Waals surface area contributed by atoms with E-state index in [0.29, 0.717) is 5.92 Å². The van der Waals surface area contributed by atoms with E-state index in [2.05, 4.69) is 49.4 Å². The van der Waals surface area contributed by atoms with Crippen LogP contribution in [0.15, 0.2) is 54.6 Å². The summed E-state index contributed by atoms with van der Waals surface area (Å²) in [6.45, 7) is 2.24. The molecular weight excluding hydrogens is 228 g/mol. The van der Waals surface area contributed by atoms with Crippen LogP contribution < -0.4 is 0 Å². The third-order valence-electron chi connectivity index (χ3n) is 3.16. The van der Waals surface area contributed by atoms with Crippen molar-refractivity contribution in [1.82, 2.24) is 0 Å². The van der Waals surface area contributed by atoms with E-state index in [-0.39, 0.29) is 0 Å². The molecule has 0 nitrogen and oxygen atoms in total. The molecule has 0 radical (unpaired) electrons. The zero-order chi connectivity index (χ0) is 12.1. The largest absolute Gasteiger partial charge is 0.0843 e. The fourth-order valence-electron chi connectivity index (χ4n) is 2.13. The monoisotopic (exact) mass is 244 g/mol. The Morgan fingerprint density at radius 2 is 1.59 bits per heavy atom. The van der Waals surface area contributed by atoms with E-state index < -0.39 is 0 Å². The van der Waals surface area contributed by atoms with Crippen LogP contribution in [0.2, 0.25) is 5.02 Å². The standard InChI is InChI=1S/C16H17Cl/c1-2-14(15-6-4-3-5-7-15)12-13-8-10-16(17)11-9-13/h3-11,14H,2,12H2,1H3. The third kappa shape index (κ3) is 3.34. The first-order chi connectivity index (χ1) is 8.29. The van der Waals surface area contributed by atoms with Crippen LogP contribution in [0.4, 0.5) is 0 Å². The maximum absolute atomic E-state index is 5.90. The summed E-state index contributed by atoms with van der Waals surface area (Å²) in [4.78, 5) is 0.